The van der Waals surface area contributed by atoms with E-state index in [1.165, 1.54) is 4.90 Å². The molecule has 5 nitrogen and oxygen atoms in total. The Hall–Kier alpha value is -2.01. The fraction of sp³-hybridized carbons (Fsp3) is 0.333. The number of amides is 1. The molecule has 6 heteroatoms. The molecular formula is C15H16ClN3O2. The van der Waals surface area contributed by atoms with Crippen molar-refractivity contribution in [3.05, 3.63) is 41.0 Å². The number of H-pyrrole nitrogens is 1. The van der Waals surface area contributed by atoms with Crippen LogP contribution in [0.25, 0.3) is 11.3 Å². The zero-order chi connectivity index (χ0) is 14.8. The highest BCUT2D eigenvalue weighted by Crippen LogP contribution is 2.29. The zero-order valence-electron chi connectivity index (χ0n) is 11.4. The smallest absolute Gasteiger partial charge is 0.407 e. The molecule has 0 aliphatic carbocycles. The fourth-order valence-electron chi connectivity index (χ4n) is 2.70. The number of hydrogen-bond donors (Lipinski definition) is 2. The first-order chi connectivity index (χ1) is 10.1. The molecule has 0 saturated carbocycles. The van der Waals surface area contributed by atoms with Gasteiger partial charge in [-0.3, -0.25) is 5.10 Å². The van der Waals surface area contributed by atoms with Gasteiger partial charge >= 0.3 is 6.09 Å². The molecule has 2 N–H and O–H groups in total. The lowest BCUT2D eigenvalue weighted by Crippen LogP contribution is -2.36. The second-order valence-corrected chi connectivity index (χ2v) is 5.70. The molecule has 21 heavy (non-hydrogen) atoms. The first-order valence-corrected chi connectivity index (χ1v) is 7.30. The van der Waals surface area contributed by atoms with E-state index in [1.807, 2.05) is 30.3 Å². The number of likely N-dealkylation sites (tertiary alicyclic amines) is 1. The van der Waals surface area contributed by atoms with Crippen LogP contribution in [0.2, 0.25) is 5.02 Å². The van der Waals surface area contributed by atoms with E-state index >= 15 is 0 Å². The molecule has 1 saturated heterocycles. The van der Waals surface area contributed by atoms with Crippen molar-refractivity contribution < 1.29 is 9.90 Å². The van der Waals surface area contributed by atoms with Crippen LogP contribution in [0.3, 0.4) is 0 Å². The molecule has 110 valence electrons. The lowest BCUT2D eigenvalue weighted by molar-refractivity contribution is 0.131. The molecule has 0 radical (unpaired) electrons. The fourth-order valence-corrected chi connectivity index (χ4v) is 2.82. The van der Waals surface area contributed by atoms with Gasteiger partial charge in [-0.2, -0.15) is 5.10 Å². The summed E-state index contributed by atoms with van der Waals surface area (Å²) in [6.07, 6.45) is 0.822. The normalized spacial score (nSPS) is 16.1. The molecule has 1 aromatic carbocycles. The molecular weight excluding hydrogens is 290 g/mol. The van der Waals surface area contributed by atoms with Crippen LogP contribution < -0.4 is 0 Å². The number of nitrogens with zero attached hydrogens (tertiary/aromatic N) is 2. The van der Waals surface area contributed by atoms with Crippen molar-refractivity contribution in [1.82, 2.24) is 15.1 Å². The number of carbonyl (C=O) groups is 1. The molecule has 0 unspecified atom stereocenters. The lowest BCUT2D eigenvalue weighted by atomic mass is 9.93. The van der Waals surface area contributed by atoms with Gasteiger partial charge in [0.25, 0.3) is 0 Å². The highest BCUT2D eigenvalue weighted by molar-refractivity contribution is 6.30. The Morgan fingerprint density at radius 1 is 1.29 bits per heavy atom. The number of aromatic nitrogens is 2. The van der Waals surface area contributed by atoms with Gasteiger partial charge in [-0.15, -0.1) is 0 Å². The third kappa shape index (κ3) is 3.03. The second-order valence-electron chi connectivity index (χ2n) is 5.26. The van der Waals surface area contributed by atoms with Crippen molar-refractivity contribution in [3.63, 3.8) is 0 Å². The molecule has 3 rings (SSSR count). The number of rotatable bonds is 2. The van der Waals surface area contributed by atoms with Gasteiger partial charge in [0.05, 0.1) is 5.69 Å². The van der Waals surface area contributed by atoms with Crippen molar-refractivity contribution in [1.29, 1.82) is 0 Å². The third-order valence-electron chi connectivity index (χ3n) is 3.94. The summed E-state index contributed by atoms with van der Waals surface area (Å²) in [5.74, 6) is 0.342. The molecule has 1 aliphatic heterocycles. The maximum atomic E-state index is 10.9. The minimum Gasteiger partial charge on any atom is -0.465 e. The van der Waals surface area contributed by atoms with E-state index in [4.69, 9.17) is 16.7 Å². The van der Waals surface area contributed by atoms with Crippen molar-refractivity contribution in [3.8, 4) is 11.3 Å². The van der Waals surface area contributed by atoms with Gasteiger partial charge in [0.2, 0.25) is 0 Å². The van der Waals surface area contributed by atoms with E-state index in [0.717, 1.165) is 29.8 Å². The maximum absolute atomic E-state index is 10.9. The van der Waals surface area contributed by atoms with Crippen LogP contribution in [0, 0.1) is 0 Å². The number of carboxylic acid groups (broad SMARTS) is 1. The minimum absolute atomic E-state index is 0.342. The Bertz CT molecular complexity index is 631. The highest BCUT2D eigenvalue weighted by atomic mass is 35.5. The summed E-state index contributed by atoms with van der Waals surface area (Å²) >= 11 is 5.88. The average molecular weight is 306 g/mol. The predicted molar refractivity (Wildman–Crippen MR) is 80.6 cm³/mol. The van der Waals surface area contributed by atoms with Gasteiger partial charge in [0, 0.05) is 35.3 Å². The van der Waals surface area contributed by atoms with Crippen molar-refractivity contribution in [2.24, 2.45) is 0 Å². The molecule has 1 aliphatic rings. The van der Waals surface area contributed by atoms with Gasteiger partial charge < -0.3 is 10.0 Å². The summed E-state index contributed by atoms with van der Waals surface area (Å²) in [4.78, 5) is 12.4. The monoisotopic (exact) mass is 305 g/mol. The van der Waals surface area contributed by atoms with E-state index in [0.29, 0.717) is 24.0 Å². The maximum Gasteiger partial charge on any atom is 0.407 e. The van der Waals surface area contributed by atoms with Crippen LogP contribution in [0.4, 0.5) is 4.79 Å². The van der Waals surface area contributed by atoms with E-state index < -0.39 is 6.09 Å². The van der Waals surface area contributed by atoms with Crippen LogP contribution in [0.15, 0.2) is 30.3 Å². The highest BCUT2D eigenvalue weighted by Gasteiger charge is 2.24. The van der Waals surface area contributed by atoms with Gasteiger partial charge in [-0.1, -0.05) is 23.7 Å². The standard InChI is InChI=1S/C15H16ClN3O2/c16-12-3-1-10(2-4-12)13-9-14(18-17-13)11-5-7-19(8-6-11)15(20)21/h1-4,9,11H,5-8H2,(H,17,18)(H,20,21). The van der Waals surface area contributed by atoms with Crippen LogP contribution in [0.5, 0.6) is 0 Å². The van der Waals surface area contributed by atoms with E-state index in [9.17, 15) is 4.79 Å². The zero-order valence-corrected chi connectivity index (χ0v) is 12.2. The minimum atomic E-state index is -0.833. The molecule has 0 spiro atoms. The van der Waals surface area contributed by atoms with Crippen LogP contribution in [0.1, 0.15) is 24.5 Å². The van der Waals surface area contributed by atoms with Crippen molar-refractivity contribution >= 4 is 17.7 Å². The Balaban J connectivity index is 1.71. The summed E-state index contributed by atoms with van der Waals surface area (Å²) < 4.78 is 0. The van der Waals surface area contributed by atoms with Crippen molar-refractivity contribution in [2.75, 3.05) is 13.1 Å². The Labute approximate surface area is 127 Å². The van der Waals surface area contributed by atoms with Crippen LogP contribution >= 0.6 is 11.6 Å². The topological polar surface area (TPSA) is 69.2 Å². The summed E-state index contributed by atoms with van der Waals surface area (Å²) in [5, 5.41) is 17.1. The molecule has 0 bridgehead atoms. The SMILES string of the molecule is O=C(O)N1CCC(c2cc(-c3ccc(Cl)cc3)n[nH]2)CC1. The Morgan fingerprint density at radius 2 is 1.95 bits per heavy atom. The number of benzene rings is 1. The Morgan fingerprint density at radius 3 is 2.57 bits per heavy atom. The van der Waals surface area contributed by atoms with Gasteiger partial charge in [0.15, 0.2) is 0 Å². The van der Waals surface area contributed by atoms with E-state index in [2.05, 4.69) is 10.2 Å². The molecule has 1 fully saturated rings. The van der Waals surface area contributed by atoms with E-state index in [-0.39, 0.29) is 0 Å². The summed E-state index contributed by atoms with van der Waals surface area (Å²) in [7, 11) is 0. The van der Waals surface area contributed by atoms with Gasteiger partial charge in [-0.05, 0) is 31.0 Å². The lowest BCUT2D eigenvalue weighted by Gasteiger charge is -2.29. The molecule has 1 amide bonds. The third-order valence-corrected chi connectivity index (χ3v) is 4.19. The number of hydrogen-bond acceptors (Lipinski definition) is 2. The molecule has 1 aromatic heterocycles. The number of piperidine rings is 1. The Kier molecular flexibility index (Phi) is 3.84. The van der Waals surface area contributed by atoms with Crippen molar-refractivity contribution in [2.45, 2.75) is 18.8 Å². The number of aromatic amines is 1. The summed E-state index contributed by atoms with van der Waals surface area (Å²) in [6, 6.07) is 9.61. The van der Waals surface area contributed by atoms with Crippen LogP contribution in [-0.4, -0.2) is 39.4 Å². The first kappa shape index (κ1) is 13.9. The average Bonchev–Trinajstić information content (AvgIpc) is 2.98. The number of halogens is 1. The summed E-state index contributed by atoms with van der Waals surface area (Å²) in [6.45, 7) is 1.16. The molecule has 2 heterocycles. The summed E-state index contributed by atoms with van der Waals surface area (Å²) in [5.41, 5.74) is 2.98. The number of nitrogens with one attached hydrogen (secondary N) is 1. The molecule has 2 aromatic rings. The van der Waals surface area contributed by atoms with Gasteiger partial charge in [-0.25, -0.2) is 4.79 Å². The first-order valence-electron chi connectivity index (χ1n) is 6.92. The quantitative estimate of drug-likeness (QED) is 0.891. The van der Waals surface area contributed by atoms with Gasteiger partial charge in [0.1, 0.15) is 0 Å². The van der Waals surface area contributed by atoms with Crippen LogP contribution in [-0.2, 0) is 0 Å². The molecule has 0 atom stereocenters. The largest absolute Gasteiger partial charge is 0.465 e. The second kappa shape index (κ2) is 5.77. The predicted octanol–water partition coefficient (Wildman–Crippen LogP) is 3.59. The van der Waals surface area contributed by atoms with E-state index in [1.54, 1.807) is 0 Å².